The Kier molecular flexibility index (Phi) is 5.62. The molecule has 2 rings (SSSR count). The lowest BCUT2D eigenvalue weighted by Gasteiger charge is -2.29. The Labute approximate surface area is 131 Å². The number of nitrogens with one attached hydrogen (secondary N) is 1. The van der Waals surface area contributed by atoms with Crippen LogP contribution in [0.1, 0.15) is 37.9 Å². The Morgan fingerprint density at radius 2 is 1.76 bits per heavy atom. The Balaban J connectivity index is 2.02. The number of hydrogen-bond donors (Lipinski definition) is 2. The number of rotatable bonds is 5. The monoisotopic (exact) mass is 332 g/mol. The first kappa shape index (κ1) is 16.7. The normalized spacial score (nSPS) is 20.1. The lowest BCUT2D eigenvalue weighted by Crippen LogP contribution is -2.48. The highest BCUT2D eigenvalue weighted by Gasteiger charge is 2.28. The van der Waals surface area contributed by atoms with E-state index in [1.165, 1.54) is 4.31 Å². The lowest BCUT2D eigenvalue weighted by molar-refractivity contribution is 0.145. The molecular formula is C14H21ClN2O3S. The summed E-state index contributed by atoms with van der Waals surface area (Å²) in [5, 5.41) is 10.8. The van der Waals surface area contributed by atoms with Gasteiger partial charge in [-0.15, -0.1) is 0 Å². The Morgan fingerprint density at radius 3 is 2.33 bits per heavy atom. The summed E-state index contributed by atoms with van der Waals surface area (Å²) in [5.41, 5.74) is 0.633. The van der Waals surface area contributed by atoms with Crippen molar-refractivity contribution in [2.24, 2.45) is 0 Å². The van der Waals surface area contributed by atoms with E-state index in [0.29, 0.717) is 23.7 Å². The maximum atomic E-state index is 12.3. The van der Waals surface area contributed by atoms with Crippen LogP contribution in [0, 0.1) is 0 Å². The van der Waals surface area contributed by atoms with Gasteiger partial charge in [-0.2, -0.15) is 17.4 Å². The van der Waals surface area contributed by atoms with Crippen LogP contribution < -0.4 is 4.72 Å². The standard InChI is InChI=1S/C14H21ClN2O3S/c1-11(14(18)12-5-7-13(15)8-6-12)16-21(19,20)17-9-3-2-4-10-17/h5-8,11,14,16,18H,2-4,9-10H2,1H3. The van der Waals surface area contributed by atoms with Gasteiger partial charge in [0.25, 0.3) is 10.2 Å². The van der Waals surface area contributed by atoms with Crippen LogP contribution in [0.3, 0.4) is 0 Å². The molecular weight excluding hydrogens is 312 g/mol. The molecule has 0 aliphatic carbocycles. The van der Waals surface area contributed by atoms with Crippen molar-refractivity contribution in [3.05, 3.63) is 34.9 Å². The molecule has 2 unspecified atom stereocenters. The quantitative estimate of drug-likeness (QED) is 0.867. The minimum atomic E-state index is -3.55. The molecule has 0 saturated carbocycles. The zero-order valence-electron chi connectivity index (χ0n) is 12.0. The van der Waals surface area contributed by atoms with Crippen molar-refractivity contribution in [1.29, 1.82) is 0 Å². The minimum Gasteiger partial charge on any atom is -0.387 e. The molecule has 0 spiro atoms. The van der Waals surface area contributed by atoms with Crippen LogP contribution in [-0.4, -0.2) is 37.0 Å². The molecule has 0 bridgehead atoms. The lowest BCUT2D eigenvalue weighted by atomic mass is 10.0. The topological polar surface area (TPSA) is 69.6 Å². The van der Waals surface area contributed by atoms with E-state index in [1.54, 1.807) is 31.2 Å². The third-order valence-electron chi connectivity index (χ3n) is 3.67. The van der Waals surface area contributed by atoms with Crippen molar-refractivity contribution in [2.45, 2.75) is 38.3 Å². The number of piperidine rings is 1. The summed E-state index contributed by atoms with van der Waals surface area (Å²) in [6.07, 6.45) is 1.92. The van der Waals surface area contributed by atoms with Crippen LogP contribution in [0.4, 0.5) is 0 Å². The second-order valence-corrected chi connectivity index (χ2v) is 7.51. The first-order valence-electron chi connectivity index (χ1n) is 7.11. The average Bonchev–Trinajstić information content (AvgIpc) is 2.48. The summed E-state index contributed by atoms with van der Waals surface area (Å²) in [7, 11) is -3.55. The molecule has 7 heteroatoms. The molecule has 0 radical (unpaired) electrons. The van der Waals surface area contributed by atoms with Crippen LogP contribution in [0.25, 0.3) is 0 Å². The molecule has 2 N–H and O–H groups in total. The van der Waals surface area contributed by atoms with Gasteiger partial charge in [-0.05, 0) is 37.5 Å². The molecule has 1 fully saturated rings. The highest BCUT2D eigenvalue weighted by molar-refractivity contribution is 7.87. The molecule has 2 atom stereocenters. The zero-order valence-corrected chi connectivity index (χ0v) is 13.6. The second-order valence-electron chi connectivity index (χ2n) is 5.37. The van der Waals surface area contributed by atoms with E-state index in [0.717, 1.165) is 19.3 Å². The second kappa shape index (κ2) is 7.07. The minimum absolute atomic E-state index is 0.541. The van der Waals surface area contributed by atoms with E-state index in [9.17, 15) is 13.5 Å². The van der Waals surface area contributed by atoms with E-state index in [1.807, 2.05) is 0 Å². The number of aliphatic hydroxyl groups is 1. The van der Waals surface area contributed by atoms with Gasteiger partial charge >= 0.3 is 0 Å². The van der Waals surface area contributed by atoms with Gasteiger partial charge in [-0.25, -0.2) is 0 Å². The third-order valence-corrected chi connectivity index (χ3v) is 5.64. The molecule has 21 heavy (non-hydrogen) atoms. The Morgan fingerprint density at radius 1 is 1.19 bits per heavy atom. The summed E-state index contributed by atoms with van der Waals surface area (Å²) < 4.78 is 28.5. The summed E-state index contributed by atoms with van der Waals surface area (Å²) in [6.45, 7) is 2.74. The van der Waals surface area contributed by atoms with E-state index >= 15 is 0 Å². The van der Waals surface area contributed by atoms with E-state index in [2.05, 4.69) is 4.72 Å². The molecule has 1 heterocycles. The van der Waals surface area contributed by atoms with Crippen molar-refractivity contribution in [3.63, 3.8) is 0 Å². The first-order valence-corrected chi connectivity index (χ1v) is 8.93. The Bertz CT molecular complexity index is 556. The predicted octanol–water partition coefficient (Wildman–Crippen LogP) is 2.08. The van der Waals surface area contributed by atoms with Crippen LogP contribution in [0.15, 0.2) is 24.3 Å². The fourth-order valence-corrected chi connectivity index (χ4v) is 4.04. The molecule has 118 valence electrons. The maximum Gasteiger partial charge on any atom is 0.279 e. The molecule has 1 aromatic rings. The van der Waals surface area contributed by atoms with Gasteiger partial charge in [0, 0.05) is 18.1 Å². The molecule has 1 aliphatic heterocycles. The van der Waals surface area contributed by atoms with Crippen LogP contribution in [-0.2, 0) is 10.2 Å². The van der Waals surface area contributed by atoms with Crippen molar-refractivity contribution in [2.75, 3.05) is 13.1 Å². The largest absolute Gasteiger partial charge is 0.387 e. The van der Waals surface area contributed by atoms with Crippen molar-refractivity contribution < 1.29 is 13.5 Å². The fraction of sp³-hybridized carbons (Fsp3) is 0.571. The molecule has 1 saturated heterocycles. The van der Waals surface area contributed by atoms with Crippen molar-refractivity contribution in [1.82, 2.24) is 9.03 Å². The number of hydrogen-bond acceptors (Lipinski definition) is 3. The van der Waals surface area contributed by atoms with Gasteiger partial charge in [-0.1, -0.05) is 30.2 Å². The molecule has 0 amide bonds. The van der Waals surface area contributed by atoms with Gasteiger partial charge < -0.3 is 5.11 Å². The number of halogens is 1. The van der Waals surface area contributed by atoms with E-state index in [4.69, 9.17) is 11.6 Å². The zero-order chi connectivity index (χ0) is 15.5. The number of nitrogens with zero attached hydrogens (tertiary/aromatic N) is 1. The summed E-state index contributed by atoms with van der Waals surface area (Å²) in [5.74, 6) is 0. The van der Waals surface area contributed by atoms with Crippen LogP contribution in [0.2, 0.25) is 5.02 Å². The van der Waals surface area contributed by atoms with Gasteiger partial charge in [0.2, 0.25) is 0 Å². The van der Waals surface area contributed by atoms with Gasteiger partial charge in [-0.3, -0.25) is 0 Å². The highest BCUT2D eigenvalue weighted by Crippen LogP contribution is 2.20. The SMILES string of the molecule is CC(NS(=O)(=O)N1CCCCC1)C(O)c1ccc(Cl)cc1. The molecule has 5 nitrogen and oxygen atoms in total. The van der Waals surface area contributed by atoms with Gasteiger partial charge in [0.05, 0.1) is 12.1 Å². The third kappa shape index (κ3) is 4.40. The Hall–Kier alpha value is -0.660. The fourth-order valence-electron chi connectivity index (χ4n) is 2.43. The van der Waals surface area contributed by atoms with Crippen LogP contribution in [0.5, 0.6) is 0 Å². The molecule has 0 aromatic heterocycles. The van der Waals surface area contributed by atoms with Gasteiger partial charge in [0.15, 0.2) is 0 Å². The first-order chi connectivity index (χ1) is 9.90. The summed E-state index contributed by atoms with van der Waals surface area (Å²) in [4.78, 5) is 0. The molecule has 1 aromatic carbocycles. The number of benzene rings is 1. The maximum absolute atomic E-state index is 12.3. The predicted molar refractivity (Wildman–Crippen MR) is 83.4 cm³/mol. The smallest absolute Gasteiger partial charge is 0.279 e. The molecule has 1 aliphatic rings. The highest BCUT2D eigenvalue weighted by atomic mass is 35.5. The van der Waals surface area contributed by atoms with Crippen molar-refractivity contribution >= 4 is 21.8 Å². The van der Waals surface area contributed by atoms with Gasteiger partial charge in [0.1, 0.15) is 0 Å². The van der Waals surface area contributed by atoms with Crippen LogP contribution >= 0.6 is 11.6 Å². The van der Waals surface area contributed by atoms with E-state index < -0.39 is 22.4 Å². The summed E-state index contributed by atoms with van der Waals surface area (Å²) in [6, 6.07) is 6.12. The van der Waals surface area contributed by atoms with E-state index in [-0.39, 0.29) is 0 Å². The van der Waals surface area contributed by atoms with Crippen molar-refractivity contribution in [3.8, 4) is 0 Å². The summed E-state index contributed by atoms with van der Waals surface area (Å²) >= 11 is 5.80. The average molecular weight is 333 g/mol. The number of aliphatic hydroxyl groups excluding tert-OH is 1.